The van der Waals surface area contributed by atoms with Gasteiger partial charge in [-0.3, -0.25) is 4.79 Å². The van der Waals surface area contributed by atoms with Crippen LogP contribution in [0.4, 0.5) is 0 Å². The van der Waals surface area contributed by atoms with Crippen LogP contribution in [-0.4, -0.2) is 24.1 Å². The van der Waals surface area contributed by atoms with E-state index in [0.29, 0.717) is 13.0 Å². The molecule has 1 amide bonds. The first kappa shape index (κ1) is 13.6. The predicted molar refractivity (Wildman–Crippen MR) is 78.0 cm³/mol. The Morgan fingerprint density at radius 2 is 2.16 bits per heavy atom. The number of aromatic nitrogens is 1. The van der Waals surface area contributed by atoms with Gasteiger partial charge in [0.2, 0.25) is 5.91 Å². The van der Waals surface area contributed by atoms with Gasteiger partial charge in [0.05, 0.1) is 0 Å². The number of benzene rings is 1. The molecule has 1 aromatic heterocycles. The maximum atomic E-state index is 11.3. The monoisotopic (exact) mass is 259 g/mol. The molecule has 1 aromatic carbocycles. The molecule has 0 spiro atoms. The summed E-state index contributed by atoms with van der Waals surface area (Å²) in [5.74, 6) is 0.0747. The van der Waals surface area contributed by atoms with E-state index in [1.54, 1.807) is 7.05 Å². The lowest BCUT2D eigenvalue weighted by atomic mass is 10.1. The molecule has 0 aliphatic carbocycles. The number of aryl methyl sites for hydroxylation is 1. The molecule has 0 bridgehead atoms. The molecular weight excluding hydrogens is 238 g/mol. The van der Waals surface area contributed by atoms with Crippen LogP contribution in [0, 0.1) is 0 Å². The fraction of sp³-hybridized carbons (Fsp3) is 0.400. The highest BCUT2D eigenvalue weighted by atomic mass is 16.1. The van der Waals surface area contributed by atoms with Crippen LogP contribution < -0.4 is 10.6 Å². The summed E-state index contributed by atoms with van der Waals surface area (Å²) in [6.45, 7) is 4.67. The summed E-state index contributed by atoms with van der Waals surface area (Å²) in [7, 11) is 1.67. The van der Waals surface area contributed by atoms with Gasteiger partial charge in [-0.15, -0.1) is 0 Å². The van der Waals surface area contributed by atoms with Crippen molar-refractivity contribution in [3.05, 3.63) is 36.0 Å². The second-order valence-electron chi connectivity index (χ2n) is 4.61. The molecule has 19 heavy (non-hydrogen) atoms. The van der Waals surface area contributed by atoms with Crippen molar-refractivity contribution in [1.82, 2.24) is 15.2 Å². The molecule has 0 radical (unpaired) electrons. The Kier molecular flexibility index (Phi) is 4.58. The average Bonchev–Trinajstić information content (AvgIpc) is 2.84. The van der Waals surface area contributed by atoms with Crippen molar-refractivity contribution in [2.45, 2.75) is 26.4 Å². The van der Waals surface area contributed by atoms with Crippen molar-refractivity contribution < 1.29 is 4.79 Å². The normalized spacial score (nSPS) is 10.8. The number of carbonyl (C=O) groups is 1. The Morgan fingerprint density at radius 1 is 1.32 bits per heavy atom. The fourth-order valence-corrected chi connectivity index (χ4v) is 2.15. The summed E-state index contributed by atoms with van der Waals surface area (Å²) < 4.78 is 2.14. The summed E-state index contributed by atoms with van der Waals surface area (Å²) in [4.78, 5) is 11.3. The Labute approximate surface area is 113 Å². The van der Waals surface area contributed by atoms with Gasteiger partial charge < -0.3 is 15.2 Å². The first-order valence-corrected chi connectivity index (χ1v) is 6.73. The number of nitrogens with zero attached hydrogens (tertiary/aromatic N) is 1. The van der Waals surface area contributed by atoms with Gasteiger partial charge in [0.15, 0.2) is 0 Å². The van der Waals surface area contributed by atoms with E-state index in [4.69, 9.17) is 0 Å². The highest BCUT2D eigenvalue weighted by molar-refractivity contribution is 5.81. The quantitative estimate of drug-likeness (QED) is 0.832. The summed E-state index contributed by atoms with van der Waals surface area (Å²) in [5.41, 5.74) is 2.47. The van der Waals surface area contributed by atoms with Gasteiger partial charge in [0.1, 0.15) is 0 Å². The molecule has 0 atom stereocenters. The van der Waals surface area contributed by atoms with Crippen molar-refractivity contribution in [3.8, 4) is 0 Å². The lowest BCUT2D eigenvalue weighted by Crippen LogP contribution is -2.19. The minimum Gasteiger partial charge on any atom is -0.359 e. The summed E-state index contributed by atoms with van der Waals surface area (Å²) in [6.07, 6.45) is 2.56. The molecule has 0 saturated carbocycles. The average molecular weight is 259 g/mol. The van der Waals surface area contributed by atoms with Crippen molar-refractivity contribution in [1.29, 1.82) is 0 Å². The molecule has 0 aliphatic heterocycles. The zero-order chi connectivity index (χ0) is 13.7. The van der Waals surface area contributed by atoms with Crippen LogP contribution in [0.2, 0.25) is 0 Å². The Bertz CT molecular complexity index is 560. The standard InChI is InChI=1S/C15H21N3O/c1-3-17-11-12-4-5-13-6-8-18(14(13)10-12)9-7-15(19)16-2/h4-6,8,10,17H,3,7,9,11H2,1-2H3,(H,16,19). The molecule has 2 aromatic rings. The second-order valence-corrected chi connectivity index (χ2v) is 4.61. The van der Waals surface area contributed by atoms with Crippen LogP contribution in [0.5, 0.6) is 0 Å². The Balaban J connectivity index is 2.17. The van der Waals surface area contributed by atoms with Crippen molar-refractivity contribution in [3.63, 3.8) is 0 Å². The van der Waals surface area contributed by atoms with Gasteiger partial charge in [-0.05, 0) is 29.6 Å². The third-order valence-electron chi connectivity index (χ3n) is 3.28. The molecule has 0 unspecified atom stereocenters. The highest BCUT2D eigenvalue weighted by Crippen LogP contribution is 2.18. The maximum absolute atomic E-state index is 11.3. The number of nitrogens with one attached hydrogen (secondary N) is 2. The Hall–Kier alpha value is -1.81. The second kappa shape index (κ2) is 6.38. The van der Waals surface area contributed by atoms with Gasteiger partial charge in [-0.2, -0.15) is 0 Å². The first-order chi connectivity index (χ1) is 9.24. The summed E-state index contributed by atoms with van der Waals surface area (Å²) in [5, 5.41) is 7.20. The molecule has 0 fully saturated rings. The lowest BCUT2D eigenvalue weighted by molar-refractivity contribution is -0.120. The number of carbonyl (C=O) groups excluding carboxylic acids is 1. The van der Waals surface area contributed by atoms with Crippen molar-refractivity contribution in [2.75, 3.05) is 13.6 Å². The molecule has 102 valence electrons. The number of fused-ring (bicyclic) bond motifs is 1. The van der Waals surface area contributed by atoms with Crippen LogP contribution >= 0.6 is 0 Å². The molecule has 1 heterocycles. The van der Waals surface area contributed by atoms with E-state index in [-0.39, 0.29) is 5.91 Å². The topological polar surface area (TPSA) is 46.1 Å². The molecule has 2 rings (SSSR count). The summed E-state index contributed by atoms with van der Waals surface area (Å²) in [6, 6.07) is 8.57. The third-order valence-corrected chi connectivity index (χ3v) is 3.28. The molecule has 0 saturated heterocycles. The van der Waals surface area contributed by atoms with Gasteiger partial charge in [-0.25, -0.2) is 0 Å². The lowest BCUT2D eigenvalue weighted by Gasteiger charge is -2.07. The van der Waals surface area contributed by atoms with E-state index in [1.807, 2.05) is 6.20 Å². The highest BCUT2D eigenvalue weighted by Gasteiger charge is 2.04. The van der Waals surface area contributed by atoms with E-state index in [1.165, 1.54) is 16.5 Å². The van der Waals surface area contributed by atoms with Gasteiger partial charge >= 0.3 is 0 Å². The fourth-order valence-electron chi connectivity index (χ4n) is 2.15. The van der Waals surface area contributed by atoms with E-state index < -0.39 is 0 Å². The smallest absolute Gasteiger partial charge is 0.221 e. The van der Waals surface area contributed by atoms with Crippen LogP contribution in [0.15, 0.2) is 30.5 Å². The van der Waals surface area contributed by atoms with Crippen molar-refractivity contribution in [2.24, 2.45) is 0 Å². The minimum absolute atomic E-state index is 0.0747. The van der Waals surface area contributed by atoms with Gasteiger partial charge in [-0.1, -0.05) is 19.1 Å². The van der Waals surface area contributed by atoms with Crippen molar-refractivity contribution >= 4 is 16.8 Å². The maximum Gasteiger partial charge on any atom is 0.221 e. The third kappa shape index (κ3) is 3.35. The molecule has 4 nitrogen and oxygen atoms in total. The molecule has 2 N–H and O–H groups in total. The number of hydrogen-bond acceptors (Lipinski definition) is 2. The van der Waals surface area contributed by atoms with Crippen LogP contribution in [0.25, 0.3) is 10.9 Å². The number of amides is 1. The predicted octanol–water partition coefficient (Wildman–Crippen LogP) is 1.89. The van der Waals surface area contributed by atoms with E-state index in [2.05, 4.69) is 46.4 Å². The zero-order valence-corrected chi connectivity index (χ0v) is 11.6. The summed E-state index contributed by atoms with van der Waals surface area (Å²) >= 11 is 0. The van der Waals surface area contributed by atoms with Crippen LogP contribution in [-0.2, 0) is 17.9 Å². The molecule has 0 aliphatic rings. The van der Waals surface area contributed by atoms with Gasteiger partial charge in [0, 0.05) is 38.3 Å². The van der Waals surface area contributed by atoms with E-state index >= 15 is 0 Å². The number of hydrogen-bond donors (Lipinski definition) is 2. The zero-order valence-electron chi connectivity index (χ0n) is 11.6. The van der Waals surface area contributed by atoms with E-state index in [9.17, 15) is 4.79 Å². The number of rotatable bonds is 6. The molecule has 4 heteroatoms. The van der Waals surface area contributed by atoms with E-state index in [0.717, 1.165) is 13.1 Å². The Morgan fingerprint density at radius 3 is 2.89 bits per heavy atom. The van der Waals surface area contributed by atoms with Crippen LogP contribution in [0.3, 0.4) is 0 Å². The van der Waals surface area contributed by atoms with Gasteiger partial charge in [0.25, 0.3) is 0 Å². The first-order valence-electron chi connectivity index (χ1n) is 6.73. The minimum atomic E-state index is 0.0747. The molecular formula is C15H21N3O. The SMILES string of the molecule is CCNCc1ccc2ccn(CCC(=O)NC)c2c1. The largest absolute Gasteiger partial charge is 0.359 e. The van der Waals surface area contributed by atoms with Crippen LogP contribution in [0.1, 0.15) is 18.9 Å².